The monoisotopic (exact) mass is 577 g/mol. The van der Waals surface area contributed by atoms with Crippen molar-refractivity contribution in [3.05, 3.63) is 65.5 Å². The topological polar surface area (TPSA) is 61.8 Å². The van der Waals surface area contributed by atoms with Gasteiger partial charge in [0.25, 0.3) is 0 Å². The number of rotatable bonds is 8. The Hall–Kier alpha value is -1.92. The van der Waals surface area contributed by atoms with Gasteiger partial charge in [-0.2, -0.15) is 13.2 Å². The normalized spacial score (nSPS) is 15.7. The van der Waals surface area contributed by atoms with Crippen LogP contribution in [0.5, 0.6) is 0 Å². The minimum Gasteiger partial charge on any atom is -0.367 e. The fourth-order valence-electron chi connectivity index (χ4n) is 3.64. The zero-order chi connectivity index (χ0) is 22.8. The lowest BCUT2D eigenvalue weighted by molar-refractivity contribution is -0.176. The third-order valence-corrected chi connectivity index (χ3v) is 5.25. The number of nitrogens with one attached hydrogen (secondary N) is 2. The highest BCUT2D eigenvalue weighted by atomic mass is 127. The Kier molecular flexibility index (Phi) is 11.3. The van der Waals surface area contributed by atoms with E-state index in [1.54, 1.807) is 13.1 Å². The molecule has 0 bridgehead atoms. The molecule has 1 aromatic heterocycles. The van der Waals surface area contributed by atoms with Crippen LogP contribution in [0.4, 0.5) is 13.2 Å². The Morgan fingerprint density at radius 1 is 1.15 bits per heavy atom. The molecule has 182 valence electrons. The van der Waals surface area contributed by atoms with E-state index in [2.05, 4.69) is 25.5 Å². The van der Waals surface area contributed by atoms with Crippen LogP contribution >= 0.6 is 24.0 Å². The summed E-state index contributed by atoms with van der Waals surface area (Å²) in [5.41, 5.74) is 2.74. The van der Waals surface area contributed by atoms with Crippen molar-refractivity contribution >= 4 is 29.9 Å². The molecule has 2 aromatic rings. The number of halogens is 4. The molecular weight excluding hydrogens is 546 g/mol. The van der Waals surface area contributed by atoms with Crippen LogP contribution in [0, 0.1) is 0 Å². The average molecular weight is 577 g/mol. The van der Waals surface area contributed by atoms with Crippen LogP contribution in [0.25, 0.3) is 0 Å². The van der Waals surface area contributed by atoms with Crippen molar-refractivity contribution < 1.29 is 17.9 Å². The number of likely N-dealkylation sites (tertiary alicyclic amines) is 1. The molecule has 2 N–H and O–H groups in total. The van der Waals surface area contributed by atoms with E-state index in [0.29, 0.717) is 24.1 Å². The molecule has 3 rings (SSSR count). The van der Waals surface area contributed by atoms with Crippen molar-refractivity contribution in [2.24, 2.45) is 4.99 Å². The Bertz CT molecular complexity index is 859. The molecule has 10 heteroatoms. The highest BCUT2D eigenvalue weighted by Crippen LogP contribution is 2.16. The summed E-state index contributed by atoms with van der Waals surface area (Å²) in [5.74, 6) is 0.715. The van der Waals surface area contributed by atoms with Crippen LogP contribution in [0.3, 0.4) is 0 Å². The molecule has 2 heterocycles. The van der Waals surface area contributed by atoms with Gasteiger partial charge >= 0.3 is 6.18 Å². The smallest absolute Gasteiger partial charge is 0.367 e. The molecule has 1 aliphatic rings. The number of ether oxygens (including phenoxy) is 1. The van der Waals surface area contributed by atoms with Crippen molar-refractivity contribution in [3.63, 3.8) is 0 Å². The molecule has 0 radical (unpaired) electrons. The highest BCUT2D eigenvalue weighted by Gasteiger charge is 2.27. The standard InChI is InChI=1S/C23H30F3N5O.HI/c1-27-22(29-14-18-5-4-6-19(13-18)16-32-17-23(24,25)26)30-20-8-11-31(12-9-20)15-21-7-2-3-10-28-21;/h2-7,10,13,20H,8-9,11-12,14-17H2,1H3,(H2,27,29,30);1H. The van der Waals surface area contributed by atoms with Crippen molar-refractivity contribution in [2.75, 3.05) is 26.7 Å². The Morgan fingerprint density at radius 3 is 2.58 bits per heavy atom. The molecule has 0 saturated carbocycles. The fraction of sp³-hybridized carbons (Fsp3) is 0.478. The average Bonchev–Trinajstić information content (AvgIpc) is 2.78. The number of piperidine rings is 1. The predicted molar refractivity (Wildman–Crippen MR) is 133 cm³/mol. The predicted octanol–water partition coefficient (Wildman–Crippen LogP) is 4.11. The lowest BCUT2D eigenvalue weighted by Gasteiger charge is -2.32. The summed E-state index contributed by atoms with van der Waals surface area (Å²) < 4.78 is 41.5. The summed E-state index contributed by atoms with van der Waals surface area (Å²) >= 11 is 0. The highest BCUT2D eigenvalue weighted by molar-refractivity contribution is 14.0. The number of aliphatic imine (C=N–C) groups is 1. The minimum absolute atomic E-state index is 0. The van der Waals surface area contributed by atoms with Crippen molar-refractivity contribution in [2.45, 2.75) is 44.8 Å². The minimum atomic E-state index is -4.31. The van der Waals surface area contributed by atoms with Crippen LogP contribution in [-0.2, 0) is 24.4 Å². The number of hydrogen-bond donors (Lipinski definition) is 2. The zero-order valence-electron chi connectivity index (χ0n) is 18.6. The molecule has 0 spiro atoms. The molecule has 6 nitrogen and oxygen atoms in total. The van der Waals surface area contributed by atoms with Crippen LogP contribution in [-0.4, -0.2) is 54.8 Å². The second kappa shape index (κ2) is 13.7. The van der Waals surface area contributed by atoms with Crippen LogP contribution in [0.15, 0.2) is 53.7 Å². The lowest BCUT2D eigenvalue weighted by atomic mass is 10.0. The molecular formula is C23H31F3IN5O. The number of nitrogens with zero attached hydrogens (tertiary/aromatic N) is 3. The molecule has 0 aliphatic carbocycles. The van der Waals surface area contributed by atoms with E-state index in [9.17, 15) is 13.2 Å². The van der Waals surface area contributed by atoms with Crippen LogP contribution in [0.1, 0.15) is 29.7 Å². The Balaban J connectivity index is 0.00000385. The van der Waals surface area contributed by atoms with Crippen molar-refractivity contribution in [3.8, 4) is 0 Å². The van der Waals surface area contributed by atoms with Gasteiger partial charge in [0.2, 0.25) is 0 Å². The zero-order valence-corrected chi connectivity index (χ0v) is 21.0. The first-order chi connectivity index (χ1) is 15.4. The van der Waals surface area contributed by atoms with Gasteiger partial charge in [-0.25, -0.2) is 0 Å². The van der Waals surface area contributed by atoms with E-state index in [1.165, 1.54) is 0 Å². The summed E-state index contributed by atoms with van der Waals surface area (Å²) in [7, 11) is 1.73. The maximum atomic E-state index is 12.2. The molecule has 1 saturated heterocycles. The first-order valence-electron chi connectivity index (χ1n) is 10.7. The summed E-state index contributed by atoms with van der Waals surface area (Å²) in [6.07, 6.45) is -0.463. The van der Waals surface area contributed by atoms with E-state index >= 15 is 0 Å². The van der Waals surface area contributed by atoms with Crippen LogP contribution < -0.4 is 10.6 Å². The molecule has 1 aliphatic heterocycles. The van der Waals surface area contributed by atoms with Crippen molar-refractivity contribution in [1.29, 1.82) is 0 Å². The van der Waals surface area contributed by atoms with Gasteiger partial charge in [0.05, 0.1) is 12.3 Å². The number of pyridine rings is 1. The third kappa shape index (κ3) is 10.3. The molecule has 0 unspecified atom stereocenters. The number of alkyl halides is 3. The number of aromatic nitrogens is 1. The van der Waals surface area contributed by atoms with Gasteiger partial charge in [0.1, 0.15) is 6.61 Å². The molecule has 33 heavy (non-hydrogen) atoms. The van der Waals surface area contributed by atoms with Gasteiger partial charge < -0.3 is 15.4 Å². The Morgan fingerprint density at radius 2 is 1.91 bits per heavy atom. The largest absolute Gasteiger partial charge is 0.411 e. The third-order valence-electron chi connectivity index (χ3n) is 5.25. The molecule has 1 aromatic carbocycles. The second-order valence-corrected chi connectivity index (χ2v) is 7.87. The first-order valence-corrected chi connectivity index (χ1v) is 10.7. The second-order valence-electron chi connectivity index (χ2n) is 7.87. The number of benzene rings is 1. The van der Waals surface area contributed by atoms with E-state index in [-0.39, 0.29) is 30.6 Å². The SMILES string of the molecule is CN=C(NCc1cccc(COCC(F)(F)F)c1)NC1CCN(Cc2ccccn2)CC1.I. The van der Waals surface area contributed by atoms with E-state index < -0.39 is 12.8 Å². The number of guanidine groups is 1. The molecule has 0 amide bonds. The van der Waals surface area contributed by atoms with Gasteiger partial charge in [-0.3, -0.25) is 14.9 Å². The number of hydrogen-bond acceptors (Lipinski definition) is 4. The summed E-state index contributed by atoms with van der Waals surface area (Å²) in [5, 5.41) is 6.76. The maximum Gasteiger partial charge on any atom is 0.411 e. The van der Waals surface area contributed by atoms with E-state index in [0.717, 1.165) is 43.7 Å². The van der Waals surface area contributed by atoms with Crippen molar-refractivity contribution in [1.82, 2.24) is 20.5 Å². The molecule has 0 atom stereocenters. The van der Waals surface area contributed by atoms with E-state index in [1.807, 2.05) is 42.6 Å². The van der Waals surface area contributed by atoms with Gasteiger partial charge in [-0.05, 0) is 36.1 Å². The van der Waals surface area contributed by atoms with E-state index in [4.69, 9.17) is 4.74 Å². The molecule has 1 fully saturated rings. The fourth-order valence-corrected chi connectivity index (χ4v) is 3.64. The summed E-state index contributed by atoms with van der Waals surface area (Å²) in [6.45, 7) is 2.05. The van der Waals surface area contributed by atoms with Gasteiger partial charge in [0, 0.05) is 45.5 Å². The van der Waals surface area contributed by atoms with Crippen LogP contribution in [0.2, 0.25) is 0 Å². The quantitative estimate of drug-likeness (QED) is 0.281. The summed E-state index contributed by atoms with van der Waals surface area (Å²) in [6, 6.07) is 13.7. The van der Waals surface area contributed by atoms with Gasteiger partial charge in [-0.1, -0.05) is 30.3 Å². The summed E-state index contributed by atoms with van der Waals surface area (Å²) in [4.78, 5) is 11.1. The van der Waals surface area contributed by atoms with Gasteiger partial charge in [-0.15, -0.1) is 24.0 Å². The first kappa shape index (κ1) is 27.3. The Labute approximate surface area is 210 Å². The van der Waals surface area contributed by atoms with Gasteiger partial charge in [0.15, 0.2) is 5.96 Å². The lowest BCUT2D eigenvalue weighted by Crippen LogP contribution is -2.48. The maximum absolute atomic E-state index is 12.2.